The molecule has 152 valence electrons. The molecule has 0 spiro atoms. The van der Waals surface area contributed by atoms with Crippen LogP contribution in [0.5, 0.6) is 0 Å². The van der Waals surface area contributed by atoms with Crippen LogP contribution in [0.25, 0.3) is 11.0 Å². The van der Waals surface area contributed by atoms with E-state index in [4.69, 9.17) is 0 Å². The van der Waals surface area contributed by atoms with Crippen LogP contribution in [0.4, 0.5) is 5.69 Å². The highest BCUT2D eigenvalue weighted by Crippen LogP contribution is 2.22. The van der Waals surface area contributed by atoms with Gasteiger partial charge in [0.1, 0.15) is 6.54 Å². The van der Waals surface area contributed by atoms with Crippen LogP contribution in [-0.4, -0.2) is 29.5 Å². The van der Waals surface area contributed by atoms with Crippen molar-refractivity contribution in [3.63, 3.8) is 0 Å². The van der Waals surface area contributed by atoms with Crippen LogP contribution >= 0.6 is 0 Å². The number of aromatic nitrogens is 2. The molecular formula is C19H21N5O4S. The zero-order chi connectivity index (χ0) is 20.6. The summed E-state index contributed by atoms with van der Waals surface area (Å²) in [6.07, 6.45) is 1.73. The summed E-state index contributed by atoms with van der Waals surface area (Å²) < 4.78 is 29.8. The normalized spacial score (nSPS) is 14.1. The highest BCUT2D eigenvalue weighted by Gasteiger charge is 2.27. The van der Waals surface area contributed by atoms with Crippen LogP contribution in [0.1, 0.15) is 12.8 Å². The molecule has 1 heterocycles. The number of benzene rings is 2. The first-order valence-electron chi connectivity index (χ1n) is 9.17. The number of hydrogen-bond acceptors (Lipinski definition) is 5. The summed E-state index contributed by atoms with van der Waals surface area (Å²) in [4.78, 5) is 24.8. The van der Waals surface area contributed by atoms with E-state index >= 15 is 0 Å². The molecule has 0 atom stereocenters. The second kappa shape index (κ2) is 7.37. The van der Waals surface area contributed by atoms with Gasteiger partial charge in [0.25, 0.3) is 5.91 Å². The summed E-state index contributed by atoms with van der Waals surface area (Å²) in [5.41, 5.74) is 6.92. The first kappa shape index (κ1) is 19.2. The maximum Gasteiger partial charge on any atom is 0.329 e. The monoisotopic (exact) mass is 415 g/mol. The van der Waals surface area contributed by atoms with Crippen molar-refractivity contribution in [2.45, 2.75) is 30.3 Å². The molecule has 0 bridgehead atoms. The molecule has 0 unspecified atom stereocenters. The van der Waals surface area contributed by atoms with E-state index in [-0.39, 0.29) is 23.2 Å². The molecule has 3 aromatic rings. The number of fused-ring (bicyclic) bond motifs is 1. The summed E-state index contributed by atoms with van der Waals surface area (Å²) >= 11 is 0. The number of carbonyl (C=O) groups is 1. The minimum atomic E-state index is -3.51. The number of sulfonamides is 1. The zero-order valence-corrected chi connectivity index (χ0v) is 16.6. The summed E-state index contributed by atoms with van der Waals surface area (Å²) in [6.45, 7) is -0.148. The van der Waals surface area contributed by atoms with Crippen molar-refractivity contribution in [2.24, 2.45) is 7.05 Å². The Morgan fingerprint density at radius 3 is 2.38 bits per heavy atom. The number of anilines is 1. The largest absolute Gasteiger partial charge is 0.329 e. The van der Waals surface area contributed by atoms with Gasteiger partial charge in [0.15, 0.2) is 0 Å². The van der Waals surface area contributed by atoms with Crippen LogP contribution in [0.15, 0.2) is 58.2 Å². The molecule has 1 saturated carbocycles. The van der Waals surface area contributed by atoms with Crippen molar-refractivity contribution >= 4 is 32.7 Å². The Hall–Kier alpha value is -3.11. The number of rotatable bonds is 7. The third-order valence-corrected chi connectivity index (χ3v) is 6.30. The molecule has 9 nitrogen and oxygen atoms in total. The molecule has 1 amide bonds. The molecule has 0 radical (unpaired) electrons. The quantitative estimate of drug-likeness (QED) is 0.497. The highest BCUT2D eigenvalue weighted by atomic mass is 32.2. The van der Waals surface area contributed by atoms with Gasteiger partial charge in [-0.2, -0.15) is 0 Å². The standard InChI is InChI=1S/C19H21N5O4S/c1-23-16-4-2-3-5-17(16)24(19(23)26)12-18(25)21-20-13-8-10-15(11-9-13)29(27,28)22-14-6-7-14/h2-5,8-11,14,20,22H,6-7,12H2,1H3,(H,21,25). The maximum absolute atomic E-state index is 12.4. The molecular weight excluding hydrogens is 394 g/mol. The lowest BCUT2D eigenvalue weighted by Gasteiger charge is -2.10. The van der Waals surface area contributed by atoms with Gasteiger partial charge in [-0.25, -0.2) is 17.9 Å². The predicted molar refractivity (Wildman–Crippen MR) is 109 cm³/mol. The van der Waals surface area contributed by atoms with Gasteiger partial charge in [-0.1, -0.05) is 12.1 Å². The maximum atomic E-state index is 12.4. The van der Waals surface area contributed by atoms with Gasteiger partial charge in [0, 0.05) is 13.1 Å². The Bertz CT molecular complexity index is 1220. The van der Waals surface area contributed by atoms with Crippen molar-refractivity contribution in [2.75, 3.05) is 5.43 Å². The molecule has 1 aliphatic carbocycles. The lowest BCUT2D eigenvalue weighted by Crippen LogP contribution is -2.35. The first-order chi connectivity index (χ1) is 13.8. The average Bonchev–Trinajstić information content (AvgIpc) is 3.49. The number of aryl methyl sites for hydroxylation is 1. The first-order valence-corrected chi connectivity index (χ1v) is 10.6. The minimum Gasteiger partial charge on any atom is -0.299 e. The number of hydrogen-bond donors (Lipinski definition) is 3. The van der Waals surface area contributed by atoms with Crippen LogP contribution in [0, 0.1) is 0 Å². The van der Waals surface area contributed by atoms with Gasteiger partial charge in [0.2, 0.25) is 10.0 Å². The fourth-order valence-corrected chi connectivity index (χ4v) is 4.35. The van der Waals surface area contributed by atoms with E-state index in [1.54, 1.807) is 25.2 Å². The molecule has 1 fully saturated rings. The second-order valence-corrected chi connectivity index (χ2v) is 8.72. The number of nitrogens with one attached hydrogen (secondary N) is 3. The third kappa shape index (κ3) is 4.03. The smallest absolute Gasteiger partial charge is 0.299 e. The molecule has 1 aromatic heterocycles. The minimum absolute atomic E-state index is 0.0366. The van der Waals surface area contributed by atoms with Gasteiger partial charge in [-0.3, -0.25) is 24.8 Å². The van der Waals surface area contributed by atoms with Crippen LogP contribution in [0.2, 0.25) is 0 Å². The van der Waals surface area contributed by atoms with Gasteiger partial charge in [0.05, 0.1) is 21.6 Å². The Morgan fingerprint density at radius 1 is 1.07 bits per heavy atom. The zero-order valence-electron chi connectivity index (χ0n) is 15.8. The number of carbonyl (C=O) groups excluding carboxylic acids is 1. The van der Waals surface area contributed by atoms with Crippen molar-refractivity contribution in [1.82, 2.24) is 19.3 Å². The van der Waals surface area contributed by atoms with Crippen LogP contribution in [0.3, 0.4) is 0 Å². The second-order valence-electron chi connectivity index (χ2n) is 7.01. The summed E-state index contributed by atoms with van der Waals surface area (Å²) in [6, 6.07) is 13.3. The predicted octanol–water partition coefficient (Wildman–Crippen LogP) is 0.924. The number of hydrazine groups is 1. The van der Waals surface area contributed by atoms with Gasteiger partial charge >= 0.3 is 5.69 Å². The topological polar surface area (TPSA) is 114 Å². The van der Waals surface area contributed by atoms with Crippen molar-refractivity contribution in [3.05, 3.63) is 59.0 Å². The molecule has 3 N–H and O–H groups in total. The lowest BCUT2D eigenvalue weighted by molar-refractivity contribution is -0.121. The fourth-order valence-electron chi connectivity index (χ4n) is 3.05. The van der Waals surface area contributed by atoms with E-state index in [1.807, 2.05) is 18.2 Å². The van der Waals surface area contributed by atoms with Crippen LogP contribution < -0.4 is 21.3 Å². The summed E-state index contributed by atoms with van der Waals surface area (Å²) in [7, 11) is -1.86. The van der Waals surface area contributed by atoms with E-state index in [0.717, 1.165) is 18.4 Å². The summed E-state index contributed by atoms with van der Waals surface area (Å²) in [5, 5.41) is 0. The Morgan fingerprint density at radius 2 is 1.72 bits per heavy atom. The third-order valence-electron chi connectivity index (χ3n) is 4.76. The average molecular weight is 415 g/mol. The molecule has 0 aliphatic heterocycles. The van der Waals surface area contributed by atoms with E-state index in [2.05, 4.69) is 15.6 Å². The molecule has 2 aromatic carbocycles. The van der Waals surface area contributed by atoms with E-state index in [0.29, 0.717) is 11.2 Å². The Balaban J connectivity index is 1.40. The van der Waals surface area contributed by atoms with Gasteiger partial charge in [-0.05, 0) is 49.2 Å². The molecule has 1 aliphatic rings. The van der Waals surface area contributed by atoms with Crippen LogP contribution in [-0.2, 0) is 28.4 Å². The van der Waals surface area contributed by atoms with Crippen molar-refractivity contribution in [3.8, 4) is 0 Å². The summed E-state index contributed by atoms with van der Waals surface area (Å²) in [5.74, 6) is -0.407. The van der Waals surface area contributed by atoms with E-state index in [9.17, 15) is 18.0 Å². The molecule has 10 heteroatoms. The molecule has 0 saturated heterocycles. The number of nitrogens with zero attached hydrogens (tertiary/aromatic N) is 2. The lowest BCUT2D eigenvalue weighted by atomic mass is 10.3. The Labute approximate surface area is 167 Å². The van der Waals surface area contributed by atoms with Crippen molar-refractivity contribution in [1.29, 1.82) is 0 Å². The molecule has 29 heavy (non-hydrogen) atoms. The van der Waals surface area contributed by atoms with Gasteiger partial charge < -0.3 is 0 Å². The Kier molecular flexibility index (Phi) is 4.89. The van der Waals surface area contributed by atoms with Gasteiger partial charge in [-0.15, -0.1) is 0 Å². The molecule has 4 rings (SSSR count). The van der Waals surface area contributed by atoms with Crippen molar-refractivity contribution < 1.29 is 13.2 Å². The van der Waals surface area contributed by atoms with E-state index in [1.165, 1.54) is 21.3 Å². The fraction of sp³-hybridized carbons (Fsp3) is 0.263. The number of imidazole rings is 1. The highest BCUT2D eigenvalue weighted by molar-refractivity contribution is 7.89. The SMILES string of the molecule is Cn1c(=O)n(CC(=O)NNc2ccc(S(=O)(=O)NC3CC3)cc2)c2ccccc21. The number of amides is 1. The van der Waals surface area contributed by atoms with E-state index < -0.39 is 15.9 Å². The number of para-hydroxylation sites is 2.